The smallest absolute Gasteiger partial charge is 0.368 e. The highest BCUT2D eigenvalue weighted by molar-refractivity contribution is 7.37. The average Bonchev–Trinajstić information content (AvgIpc) is 2.78. The summed E-state index contributed by atoms with van der Waals surface area (Å²) >= 11 is 0. The van der Waals surface area contributed by atoms with Crippen molar-refractivity contribution in [2.24, 2.45) is 0 Å². The molecule has 0 saturated carbocycles. The quantitative estimate of drug-likeness (QED) is 0.750. The Bertz CT molecular complexity index is 623. The van der Waals surface area contributed by atoms with Gasteiger partial charge in [0.2, 0.25) is 5.95 Å². The van der Waals surface area contributed by atoms with Gasteiger partial charge in [-0.1, -0.05) is 0 Å². The number of fused-ring (bicyclic) bond motifs is 1. The molecule has 8 nitrogen and oxygen atoms in total. The summed E-state index contributed by atoms with van der Waals surface area (Å²) in [6.45, 7) is 0. The highest BCUT2D eigenvalue weighted by Gasteiger charge is 2.27. The minimum Gasteiger partial charge on any atom is -0.368 e. The second-order valence-corrected chi connectivity index (χ2v) is 4.82. The Hall–Kier alpha value is -1.77. The van der Waals surface area contributed by atoms with Crippen LogP contribution in [0.1, 0.15) is 5.56 Å². The van der Waals surface area contributed by atoms with E-state index in [4.69, 9.17) is 15.4 Å². The zero-order valence-electron chi connectivity index (χ0n) is 10.1. The maximum atomic E-state index is 12.8. The first-order valence-electron chi connectivity index (χ1n) is 5.45. The van der Waals surface area contributed by atoms with Crippen LogP contribution in [-0.4, -0.2) is 43.4 Å². The van der Waals surface area contributed by atoms with Gasteiger partial charge in [-0.15, -0.1) is 0 Å². The molecule has 0 bridgehead atoms. The number of hydrogen-bond acceptors (Lipinski definition) is 6. The fourth-order valence-corrected chi connectivity index (χ4v) is 1.94. The Kier molecular flexibility index (Phi) is 4.48. The lowest BCUT2D eigenvalue weighted by atomic mass is 10.1. The second-order valence-electron chi connectivity index (χ2n) is 3.86. The number of anilines is 1. The summed E-state index contributed by atoms with van der Waals surface area (Å²) < 4.78 is 42.1. The minimum atomic E-state index is -2.81. The van der Waals surface area contributed by atoms with Gasteiger partial charge in [0.1, 0.15) is 12.4 Å². The molecule has 2 rings (SSSR count). The molecule has 2 atom stereocenters. The topological polar surface area (TPSA) is 116 Å². The Morgan fingerprint density at radius 3 is 2.90 bits per heavy atom. The fourth-order valence-electron chi connectivity index (χ4n) is 1.62. The van der Waals surface area contributed by atoms with Crippen molar-refractivity contribution in [3.8, 4) is 0 Å². The Labute approximate surface area is 112 Å². The number of ether oxygens (including phenoxy) is 1. The molecular weight excluding hydrogens is 295 g/mol. The lowest BCUT2D eigenvalue weighted by Gasteiger charge is -2.12. The van der Waals surface area contributed by atoms with Gasteiger partial charge >= 0.3 is 8.03 Å². The molecule has 3 N–H and O–H groups in total. The highest BCUT2D eigenvalue weighted by Crippen LogP contribution is 2.21. The Morgan fingerprint density at radius 2 is 2.25 bits per heavy atom. The van der Waals surface area contributed by atoms with E-state index in [1.807, 2.05) is 0 Å². The summed E-state index contributed by atoms with van der Waals surface area (Å²) in [6, 6.07) is 0. The first kappa shape index (κ1) is 14.6. The van der Waals surface area contributed by atoms with Gasteiger partial charge in [-0.3, -0.25) is 0 Å². The van der Waals surface area contributed by atoms with E-state index in [2.05, 4.69) is 15.1 Å². The summed E-state index contributed by atoms with van der Waals surface area (Å²) in [5.74, 6) is 0.0780. The normalized spacial score (nSPS) is 13.9. The lowest BCUT2D eigenvalue weighted by Crippen LogP contribution is -2.24. The van der Waals surface area contributed by atoms with Gasteiger partial charge in [-0.2, -0.15) is 14.5 Å². The van der Waals surface area contributed by atoms with Crippen molar-refractivity contribution in [2.75, 3.05) is 12.1 Å². The van der Waals surface area contributed by atoms with Gasteiger partial charge in [-0.05, 0) is 4.57 Å². The number of alkyl halides is 2. The van der Waals surface area contributed by atoms with Gasteiger partial charge in [-0.25, -0.2) is 18.7 Å². The average molecular weight is 306 g/mol. The van der Waals surface area contributed by atoms with Crippen LogP contribution in [0.4, 0.5) is 14.7 Å². The molecule has 108 valence electrons. The van der Waals surface area contributed by atoms with Crippen LogP contribution >= 0.6 is 8.03 Å². The van der Waals surface area contributed by atoms with Crippen molar-refractivity contribution in [1.29, 1.82) is 0 Å². The van der Waals surface area contributed by atoms with E-state index < -0.39 is 26.9 Å². The molecular formula is C9H11F2N5O3P+. The van der Waals surface area contributed by atoms with E-state index in [-0.39, 0.29) is 12.4 Å². The number of rotatable bonds is 6. The zero-order valence-corrected chi connectivity index (χ0v) is 11.0. The van der Waals surface area contributed by atoms with Gasteiger partial charge in [0.15, 0.2) is 5.65 Å². The summed E-state index contributed by atoms with van der Waals surface area (Å²) in [7, 11) is -2.63. The molecule has 0 aliphatic heterocycles. The SMILES string of the molecule is Nc1ncnc2c(C[C@H](OC[P+](=O)O)C(F)F)cnn12. The largest absolute Gasteiger partial charge is 0.534 e. The van der Waals surface area contributed by atoms with Crippen LogP contribution in [0.25, 0.3) is 5.65 Å². The molecule has 0 spiro atoms. The standard InChI is InChI=1S/C9H10F2N5O3P/c10-7(11)6(19-4-20(17)18)1-5-2-15-16-8(5)13-3-14-9(16)12/h2-3,6-7H,1,4H2,(H2-,12,13,14,17,18)/p+1/t6-/m0/s1. The van der Waals surface area contributed by atoms with E-state index in [1.165, 1.54) is 17.0 Å². The third kappa shape index (κ3) is 3.21. The van der Waals surface area contributed by atoms with E-state index in [0.29, 0.717) is 11.2 Å². The molecule has 0 amide bonds. The third-order valence-electron chi connectivity index (χ3n) is 2.51. The molecule has 0 aromatic carbocycles. The van der Waals surface area contributed by atoms with Crippen molar-refractivity contribution >= 4 is 19.6 Å². The minimum absolute atomic E-state index is 0.0780. The number of nitrogen functional groups attached to an aromatic ring is 1. The Morgan fingerprint density at radius 1 is 1.50 bits per heavy atom. The first-order chi connectivity index (χ1) is 9.49. The molecule has 20 heavy (non-hydrogen) atoms. The number of aromatic nitrogens is 4. The molecule has 0 fully saturated rings. The van der Waals surface area contributed by atoms with Crippen LogP contribution in [0.2, 0.25) is 0 Å². The van der Waals surface area contributed by atoms with Gasteiger partial charge in [0, 0.05) is 12.0 Å². The maximum absolute atomic E-state index is 12.8. The summed E-state index contributed by atoms with van der Waals surface area (Å²) in [4.78, 5) is 16.2. The number of nitrogens with two attached hydrogens (primary N) is 1. The van der Waals surface area contributed by atoms with Crippen LogP contribution in [0.5, 0.6) is 0 Å². The van der Waals surface area contributed by atoms with Gasteiger partial charge in [0.25, 0.3) is 12.8 Å². The monoisotopic (exact) mass is 306 g/mol. The summed E-state index contributed by atoms with van der Waals surface area (Å²) in [5, 5.41) is 3.88. The molecule has 0 aliphatic rings. The van der Waals surface area contributed by atoms with E-state index in [9.17, 15) is 13.3 Å². The van der Waals surface area contributed by atoms with Crippen LogP contribution in [0.15, 0.2) is 12.5 Å². The van der Waals surface area contributed by atoms with Gasteiger partial charge in [0.05, 0.1) is 6.20 Å². The van der Waals surface area contributed by atoms with Crippen LogP contribution in [-0.2, 0) is 15.7 Å². The van der Waals surface area contributed by atoms with Crippen LogP contribution in [0, 0.1) is 0 Å². The summed E-state index contributed by atoms with van der Waals surface area (Å²) in [6.07, 6.45) is -2.66. The van der Waals surface area contributed by atoms with Crippen LogP contribution in [0.3, 0.4) is 0 Å². The Balaban J connectivity index is 2.20. The molecule has 0 aliphatic carbocycles. The van der Waals surface area contributed by atoms with E-state index >= 15 is 0 Å². The van der Waals surface area contributed by atoms with Crippen molar-refractivity contribution < 1.29 is 23.0 Å². The third-order valence-corrected chi connectivity index (χ3v) is 2.88. The summed E-state index contributed by atoms with van der Waals surface area (Å²) in [5.41, 5.74) is 6.24. The van der Waals surface area contributed by atoms with Crippen molar-refractivity contribution in [1.82, 2.24) is 19.6 Å². The number of hydrogen-bond donors (Lipinski definition) is 2. The molecule has 2 heterocycles. The highest BCUT2D eigenvalue weighted by atomic mass is 31.1. The number of halogens is 2. The molecule has 2 aromatic rings. The van der Waals surface area contributed by atoms with Crippen molar-refractivity contribution in [2.45, 2.75) is 19.0 Å². The van der Waals surface area contributed by atoms with Crippen LogP contribution < -0.4 is 5.73 Å². The molecule has 1 unspecified atom stereocenters. The predicted octanol–water partition coefficient (Wildman–Crippen LogP) is 0.592. The second kappa shape index (κ2) is 6.12. The maximum Gasteiger partial charge on any atom is 0.534 e. The molecule has 0 radical (unpaired) electrons. The van der Waals surface area contributed by atoms with Crippen molar-refractivity contribution in [3.63, 3.8) is 0 Å². The zero-order chi connectivity index (χ0) is 14.7. The van der Waals surface area contributed by atoms with E-state index in [1.54, 1.807) is 0 Å². The number of nitrogens with zero attached hydrogens (tertiary/aromatic N) is 4. The fraction of sp³-hybridized carbons (Fsp3) is 0.444. The van der Waals surface area contributed by atoms with E-state index in [0.717, 1.165) is 0 Å². The molecule has 11 heteroatoms. The first-order valence-corrected chi connectivity index (χ1v) is 6.85. The predicted molar refractivity (Wildman–Crippen MR) is 64.5 cm³/mol. The molecule has 0 saturated heterocycles. The van der Waals surface area contributed by atoms with Crippen molar-refractivity contribution in [3.05, 3.63) is 18.1 Å². The van der Waals surface area contributed by atoms with Gasteiger partial charge < -0.3 is 10.5 Å². The molecule has 2 aromatic heterocycles. The lowest BCUT2D eigenvalue weighted by molar-refractivity contribution is -0.0399.